The summed E-state index contributed by atoms with van der Waals surface area (Å²) >= 11 is 0. The molecule has 8 heteroatoms. The van der Waals surface area contributed by atoms with E-state index in [2.05, 4.69) is 38.3 Å². The first-order valence-corrected chi connectivity index (χ1v) is 7.36. The molecule has 0 aromatic carbocycles. The van der Waals surface area contributed by atoms with Gasteiger partial charge in [-0.3, -0.25) is 13.9 Å². The summed E-state index contributed by atoms with van der Waals surface area (Å²) in [5.74, 6) is 0.0727. The Morgan fingerprint density at radius 1 is 1.16 bits per heavy atom. The predicted octanol–water partition coefficient (Wildman–Crippen LogP) is 0.779. The molecule has 0 spiro atoms. The molecule has 0 radical (unpaired) electrons. The Labute approximate surface area is 114 Å². The standard InChI is InChI=1S/C11H22N2O.H2O4S/c1-8(14)12-9-6-10(2,3)13-11(4,5)7-9;1-5(2,3)4/h9,13H,6-7H2,1-5H3,(H,12,14);(H2,1,2,3,4). The van der Waals surface area contributed by atoms with Crippen LogP contribution in [-0.4, -0.2) is 40.6 Å². The molecule has 1 aliphatic heterocycles. The highest BCUT2D eigenvalue weighted by atomic mass is 32.3. The van der Waals surface area contributed by atoms with Crippen LogP contribution in [0, 0.1) is 0 Å². The second-order valence-electron chi connectivity index (χ2n) is 6.15. The highest BCUT2D eigenvalue weighted by molar-refractivity contribution is 7.79. The summed E-state index contributed by atoms with van der Waals surface area (Å²) in [6.45, 7) is 10.3. The summed E-state index contributed by atoms with van der Waals surface area (Å²) in [7, 11) is -4.67. The quantitative estimate of drug-likeness (QED) is 0.531. The van der Waals surface area contributed by atoms with Crippen molar-refractivity contribution in [1.29, 1.82) is 0 Å². The van der Waals surface area contributed by atoms with Crippen LogP contribution in [0.1, 0.15) is 47.5 Å². The van der Waals surface area contributed by atoms with Crippen LogP contribution in [0.15, 0.2) is 0 Å². The molecule has 0 aliphatic carbocycles. The minimum atomic E-state index is -4.67. The van der Waals surface area contributed by atoms with E-state index in [9.17, 15) is 4.79 Å². The summed E-state index contributed by atoms with van der Waals surface area (Å²) in [5.41, 5.74) is 0.212. The van der Waals surface area contributed by atoms with Crippen molar-refractivity contribution in [1.82, 2.24) is 10.6 Å². The molecule has 1 saturated heterocycles. The maximum atomic E-state index is 11.0. The van der Waals surface area contributed by atoms with E-state index >= 15 is 0 Å². The first-order chi connectivity index (χ1) is 8.20. The Balaban J connectivity index is 0.000000555. The van der Waals surface area contributed by atoms with Crippen molar-refractivity contribution >= 4 is 16.3 Å². The highest BCUT2D eigenvalue weighted by Gasteiger charge is 2.37. The molecule has 19 heavy (non-hydrogen) atoms. The van der Waals surface area contributed by atoms with E-state index in [0.717, 1.165) is 12.8 Å². The van der Waals surface area contributed by atoms with Gasteiger partial charge in [-0.25, -0.2) is 0 Å². The van der Waals surface area contributed by atoms with Gasteiger partial charge in [-0.15, -0.1) is 0 Å². The van der Waals surface area contributed by atoms with Crippen LogP contribution in [0.4, 0.5) is 0 Å². The SMILES string of the molecule is CC(=O)NC1CC(C)(C)NC(C)(C)C1.O=S(=O)(O)O. The molecule has 0 aromatic rings. The lowest BCUT2D eigenvalue weighted by molar-refractivity contribution is -0.120. The van der Waals surface area contributed by atoms with Gasteiger partial charge in [0.05, 0.1) is 0 Å². The van der Waals surface area contributed by atoms with Gasteiger partial charge in [-0.05, 0) is 40.5 Å². The third-order valence-corrected chi connectivity index (χ3v) is 2.60. The van der Waals surface area contributed by atoms with Gasteiger partial charge in [0.2, 0.25) is 5.91 Å². The maximum Gasteiger partial charge on any atom is 0.394 e. The lowest BCUT2D eigenvalue weighted by atomic mass is 9.79. The van der Waals surface area contributed by atoms with Crippen molar-refractivity contribution in [2.75, 3.05) is 0 Å². The van der Waals surface area contributed by atoms with Gasteiger partial charge in [-0.2, -0.15) is 8.42 Å². The zero-order valence-electron chi connectivity index (χ0n) is 12.0. The average Bonchev–Trinajstić information content (AvgIpc) is 1.89. The van der Waals surface area contributed by atoms with E-state index in [1.165, 1.54) is 0 Å². The Morgan fingerprint density at radius 2 is 1.47 bits per heavy atom. The number of carbonyl (C=O) groups is 1. The Hall–Kier alpha value is -0.700. The van der Waals surface area contributed by atoms with Crippen LogP contribution < -0.4 is 10.6 Å². The van der Waals surface area contributed by atoms with Crippen LogP contribution in [0.2, 0.25) is 0 Å². The van der Waals surface area contributed by atoms with Crippen LogP contribution in [-0.2, 0) is 15.2 Å². The first kappa shape index (κ1) is 18.3. The second kappa shape index (κ2) is 6.17. The van der Waals surface area contributed by atoms with Gasteiger partial charge in [0.15, 0.2) is 0 Å². The fraction of sp³-hybridized carbons (Fsp3) is 0.909. The molecule has 0 saturated carbocycles. The van der Waals surface area contributed by atoms with E-state index in [4.69, 9.17) is 17.5 Å². The topological polar surface area (TPSA) is 116 Å². The molecule has 1 fully saturated rings. The smallest absolute Gasteiger partial charge is 0.353 e. The number of hydrogen-bond acceptors (Lipinski definition) is 4. The molecule has 0 aromatic heterocycles. The summed E-state index contributed by atoms with van der Waals surface area (Å²) in [6.07, 6.45) is 1.99. The van der Waals surface area contributed by atoms with Crippen molar-refractivity contribution < 1.29 is 22.3 Å². The Kier molecular flexibility index (Phi) is 5.94. The summed E-state index contributed by atoms with van der Waals surface area (Å²) in [5, 5.41) is 6.60. The van der Waals surface area contributed by atoms with Gasteiger partial charge < -0.3 is 10.6 Å². The van der Waals surface area contributed by atoms with Crippen LogP contribution >= 0.6 is 0 Å². The fourth-order valence-corrected chi connectivity index (χ4v) is 2.71. The monoisotopic (exact) mass is 296 g/mol. The molecule has 7 nitrogen and oxygen atoms in total. The molecule has 0 unspecified atom stereocenters. The lowest BCUT2D eigenvalue weighted by Crippen LogP contribution is -2.62. The lowest BCUT2D eigenvalue weighted by Gasteiger charge is -2.46. The van der Waals surface area contributed by atoms with Crippen molar-refractivity contribution in [3.8, 4) is 0 Å². The first-order valence-electron chi connectivity index (χ1n) is 5.96. The van der Waals surface area contributed by atoms with Crippen molar-refractivity contribution in [3.05, 3.63) is 0 Å². The van der Waals surface area contributed by atoms with Crippen LogP contribution in [0.3, 0.4) is 0 Å². The van der Waals surface area contributed by atoms with Crippen molar-refractivity contribution in [3.63, 3.8) is 0 Å². The molecule has 1 heterocycles. The molecule has 1 amide bonds. The summed E-state index contributed by atoms with van der Waals surface area (Å²) < 4.78 is 31.6. The number of hydrogen-bond donors (Lipinski definition) is 4. The highest BCUT2D eigenvalue weighted by Crippen LogP contribution is 2.28. The molecule has 4 N–H and O–H groups in total. The van der Waals surface area contributed by atoms with Gasteiger partial charge in [0.25, 0.3) is 0 Å². The Morgan fingerprint density at radius 3 is 1.74 bits per heavy atom. The number of rotatable bonds is 1. The third-order valence-electron chi connectivity index (χ3n) is 2.60. The van der Waals surface area contributed by atoms with E-state index in [1.54, 1.807) is 6.92 Å². The predicted molar refractivity (Wildman–Crippen MR) is 72.3 cm³/mol. The van der Waals surface area contributed by atoms with E-state index in [0.29, 0.717) is 6.04 Å². The Bertz CT molecular complexity index is 393. The minimum absolute atomic E-state index is 0.0727. The molecular weight excluding hydrogens is 272 g/mol. The van der Waals surface area contributed by atoms with Gasteiger partial charge in [0.1, 0.15) is 0 Å². The van der Waals surface area contributed by atoms with Gasteiger partial charge in [0, 0.05) is 24.0 Å². The third kappa shape index (κ3) is 10.9. The van der Waals surface area contributed by atoms with E-state index in [1.807, 2.05) is 0 Å². The maximum absolute atomic E-state index is 11.0. The van der Waals surface area contributed by atoms with Gasteiger partial charge >= 0.3 is 10.4 Å². The summed E-state index contributed by atoms with van der Waals surface area (Å²) in [4.78, 5) is 11.0. The summed E-state index contributed by atoms with van der Waals surface area (Å²) in [6, 6.07) is 0.304. The average molecular weight is 296 g/mol. The minimum Gasteiger partial charge on any atom is -0.353 e. The molecule has 0 atom stereocenters. The number of carbonyl (C=O) groups excluding carboxylic acids is 1. The normalized spacial score (nSPS) is 22.1. The molecule has 0 bridgehead atoms. The van der Waals surface area contributed by atoms with Crippen LogP contribution in [0.25, 0.3) is 0 Å². The van der Waals surface area contributed by atoms with Crippen molar-refractivity contribution in [2.24, 2.45) is 0 Å². The van der Waals surface area contributed by atoms with E-state index in [-0.39, 0.29) is 17.0 Å². The van der Waals surface area contributed by atoms with Crippen molar-refractivity contribution in [2.45, 2.75) is 64.6 Å². The molecule has 1 aliphatic rings. The number of piperidine rings is 1. The van der Waals surface area contributed by atoms with Crippen LogP contribution in [0.5, 0.6) is 0 Å². The molecule has 114 valence electrons. The zero-order chi connectivity index (χ0) is 15.5. The second-order valence-corrected chi connectivity index (χ2v) is 7.04. The van der Waals surface area contributed by atoms with E-state index < -0.39 is 10.4 Å². The number of nitrogens with one attached hydrogen (secondary N) is 2. The fourth-order valence-electron chi connectivity index (χ4n) is 2.71. The largest absolute Gasteiger partial charge is 0.394 e. The molecular formula is C11H24N2O5S. The van der Waals surface area contributed by atoms with Gasteiger partial charge in [-0.1, -0.05) is 0 Å². The number of amides is 1. The molecule has 1 rings (SSSR count). The zero-order valence-corrected chi connectivity index (χ0v) is 12.8.